The molecule has 1 amide bonds. The van der Waals surface area contributed by atoms with Gasteiger partial charge in [0.1, 0.15) is 0 Å². The second-order valence-corrected chi connectivity index (χ2v) is 4.93. The number of benzene rings is 1. The van der Waals surface area contributed by atoms with E-state index in [9.17, 15) is 9.59 Å². The van der Waals surface area contributed by atoms with E-state index < -0.39 is 5.97 Å². The molecule has 0 aliphatic carbocycles. The maximum atomic E-state index is 12.0. The van der Waals surface area contributed by atoms with Crippen molar-refractivity contribution in [1.82, 2.24) is 4.98 Å². The lowest BCUT2D eigenvalue weighted by atomic mass is 10.1. The molecule has 1 aromatic carbocycles. The van der Waals surface area contributed by atoms with Crippen molar-refractivity contribution in [3.63, 3.8) is 0 Å². The van der Waals surface area contributed by atoms with Crippen molar-refractivity contribution in [3.05, 3.63) is 46.5 Å². The van der Waals surface area contributed by atoms with E-state index in [1.54, 1.807) is 23.6 Å². The average Bonchev–Trinajstić information content (AvgIpc) is 2.94. The van der Waals surface area contributed by atoms with Crippen molar-refractivity contribution in [2.75, 3.05) is 12.4 Å². The number of carbonyl (C=O) groups excluding carboxylic acids is 2. The highest BCUT2D eigenvalue weighted by Gasteiger charge is 2.12. The number of nitrogens with one attached hydrogen (secondary N) is 1. The van der Waals surface area contributed by atoms with Crippen LogP contribution in [-0.4, -0.2) is 24.0 Å². The van der Waals surface area contributed by atoms with Crippen molar-refractivity contribution >= 4 is 39.9 Å². The van der Waals surface area contributed by atoms with E-state index >= 15 is 0 Å². The van der Waals surface area contributed by atoms with E-state index in [1.807, 2.05) is 0 Å². The normalized spacial score (nSPS) is 10.1. The van der Waals surface area contributed by atoms with Gasteiger partial charge in [0.2, 0.25) is 0 Å². The van der Waals surface area contributed by atoms with E-state index in [4.69, 9.17) is 11.6 Å². The summed E-state index contributed by atoms with van der Waals surface area (Å²) in [4.78, 5) is 27.6. The Morgan fingerprint density at radius 3 is 2.80 bits per heavy atom. The molecular formula is C13H11ClN2O3S. The molecule has 104 valence electrons. The van der Waals surface area contributed by atoms with Gasteiger partial charge in [-0.1, -0.05) is 6.07 Å². The Kier molecular flexibility index (Phi) is 4.70. The number of nitrogens with zero attached hydrogens (tertiary/aromatic N) is 1. The van der Waals surface area contributed by atoms with Crippen molar-refractivity contribution in [2.24, 2.45) is 0 Å². The predicted octanol–water partition coefficient (Wildman–Crippen LogP) is 2.92. The number of carbonyl (C=O) groups is 2. The first-order valence-corrected chi connectivity index (χ1v) is 7.05. The number of alkyl halides is 1. The zero-order valence-electron chi connectivity index (χ0n) is 10.6. The predicted molar refractivity (Wildman–Crippen MR) is 77.4 cm³/mol. The van der Waals surface area contributed by atoms with E-state index in [1.165, 1.54) is 24.5 Å². The van der Waals surface area contributed by atoms with Crippen LogP contribution >= 0.6 is 22.9 Å². The summed E-state index contributed by atoms with van der Waals surface area (Å²) in [5.74, 6) is -0.533. The third kappa shape index (κ3) is 3.34. The minimum Gasteiger partial charge on any atom is -0.465 e. The molecule has 2 rings (SSSR count). The maximum absolute atomic E-state index is 12.0. The van der Waals surface area contributed by atoms with Gasteiger partial charge in [0, 0.05) is 10.9 Å². The molecule has 20 heavy (non-hydrogen) atoms. The van der Waals surface area contributed by atoms with E-state index in [0.29, 0.717) is 27.8 Å². The number of esters is 1. The van der Waals surface area contributed by atoms with Gasteiger partial charge in [0.05, 0.1) is 24.2 Å². The molecule has 5 nitrogen and oxygen atoms in total. The Bertz CT molecular complexity index is 642. The van der Waals surface area contributed by atoms with Crippen LogP contribution in [0.1, 0.15) is 26.4 Å². The fraction of sp³-hybridized carbons (Fsp3) is 0.154. The molecule has 1 N–H and O–H groups in total. The summed E-state index contributed by atoms with van der Waals surface area (Å²) in [7, 11) is 1.29. The first-order chi connectivity index (χ1) is 9.63. The van der Waals surface area contributed by atoms with Crippen LogP contribution in [0.4, 0.5) is 5.13 Å². The van der Waals surface area contributed by atoms with Crippen LogP contribution in [0.2, 0.25) is 0 Å². The molecule has 0 aliphatic heterocycles. The Balaban J connectivity index is 2.14. The SMILES string of the molecule is COC(=O)c1cccc(C(=O)Nc2nc(CCl)cs2)c1. The highest BCUT2D eigenvalue weighted by Crippen LogP contribution is 2.18. The van der Waals surface area contributed by atoms with Crippen LogP contribution < -0.4 is 5.32 Å². The van der Waals surface area contributed by atoms with Crippen molar-refractivity contribution in [3.8, 4) is 0 Å². The van der Waals surface area contributed by atoms with Gasteiger partial charge in [0.15, 0.2) is 5.13 Å². The van der Waals surface area contributed by atoms with Crippen molar-refractivity contribution < 1.29 is 14.3 Å². The quantitative estimate of drug-likeness (QED) is 0.696. The van der Waals surface area contributed by atoms with Crippen molar-refractivity contribution in [2.45, 2.75) is 5.88 Å². The summed E-state index contributed by atoms with van der Waals surface area (Å²) in [5.41, 5.74) is 1.38. The molecular weight excluding hydrogens is 300 g/mol. The van der Waals surface area contributed by atoms with Gasteiger partial charge < -0.3 is 4.74 Å². The van der Waals surface area contributed by atoms with Gasteiger partial charge in [-0.15, -0.1) is 22.9 Å². The molecule has 7 heteroatoms. The molecule has 0 fully saturated rings. The minimum absolute atomic E-state index is 0.296. The molecule has 0 spiro atoms. The van der Waals surface area contributed by atoms with Gasteiger partial charge in [-0.05, 0) is 18.2 Å². The number of amides is 1. The molecule has 0 radical (unpaired) electrons. The van der Waals surface area contributed by atoms with E-state index in [-0.39, 0.29) is 5.91 Å². The highest BCUT2D eigenvalue weighted by atomic mass is 35.5. The number of hydrogen-bond donors (Lipinski definition) is 1. The molecule has 2 aromatic rings. The summed E-state index contributed by atoms with van der Waals surface area (Å²) in [5, 5.41) is 4.89. The number of halogens is 1. The molecule has 0 bridgehead atoms. The monoisotopic (exact) mass is 310 g/mol. The van der Waals surface area contributed by atoms with E-state index in [0.717, 1.165) is 0 Å². The lowest BCUT2D eigenvalue weighted by molar-refractivity contribution is 0.0600. The Morgan fingerprint density at radius 1 is 1.40 bits per heavy atom. The van der Waals surface area contributed by atoms with E-state index in [2.05, 4.69) is 15.0 Å². The third-order valence-corrected chi connectivity index (χ3v) is 3.54. The van der Waals surface area contributed by atoms with Crippen molar-refractivity contribution in [1.29, 1.82) is 0 Å². The fourth-order valence-electron chi connectivity index (χ4n) is 1.50. The number of aromatic nitrogens is 1. The smallest absolute Gasteiger partial charge is 0.337 e. The van der Waals surface area contributed by atoms with Gasteiger partial charge in [0.25, 0.3) is 5.91 Å². The molecule has 1 aromatic heterocycles. The lowest BCUT2D eigenvalue weighted by Crippen LogP contribution is -2.13. The van der Waals surface area contributed by atoms with Crippen LogP contribution in [0.25, 0.3) is 0 Å². The minimum atomic E-state index is -0.488. The molecule has 0 saturated heterocycles. The Hall–Kier alpha value is -1.92. The molecule has 0 aliphatic rings. The largest absolute Gasteiger partial charge is 0.465 e. The Labute approximate surface area is 124 Å². The molecule has 0 saturated carbocycles. The number of thiazole rings is 1. The lowest BCUT2D eigenvalue weighted by Gasteiger charge is -2.04. The van der Waals surface area contributed by atoms with Crippen LogP contribution in [0.5, 0.6) is 0 Å². The highest BCUT2D eigenvalue weighted by molar-refractivity contribution is 7.14. The van der Waals surface area contributed by atoms with Crippen LogP contribution in [-0.2, 0) is 10.6 Å². The third-order valence-electron chi connectivity index (χ3n) is 2.45. The maximum Gasteiger partial charge on any atom is 0.337 e. The second-order valence-electron chi connectivity index (χ2n) is 3.80. The number of methoxy groups -OCH3 is 1. The van der Waals surface area contributed by atoms with Gasteiger partial charge >= 0.3 is 5.97 Å². The molecule has 1 heterocycles. The second kappa shape index (κ2) is 6.49. The zero-order chi connectivity index (χ0) is 14.5. The summed E-state index contributed by atoms with van der Waals surface area (Å²) in [6.07, 6.45) is 0. The van der Waals surface area contributed by atoms with Gasteiger partial charge in [-0.2, -0.15) is 0 Å². The Morgan fingerprint density at radius 2 is 2.15 bits per heavy atom. The standard InChI is InChI=1S/C13H11ClN2O3S/c1-19-12(18)9-4-2-3-8(5-9)11(17)16-13-15-10(6-14)7-20-13/h2-5,7H,6H2,1H3,(H,15,16,17). The number of hydrogen-bond acceptors (Lipinski definition) is 5. The number of rotatable bonds is 4. The topological polar surface area (TPSA) is 68.3 Å². The number of ether oxygens (including phenoxy) is 1. The summed E-state index contributed by atoms with van der Waals surface area (Å²) in [6.45, 7) is 0. The fourth-order valence-corrected chi connectivity index (χ4v) is 2.43. The average molecular weight is 311 g/mol. The zero-order valence-corrected chi connectivity index (χ0v) is 12.1. The first-order valence-electron chi connectivity index (χ1n) is 5.64. The van der Waals surface area contributed by atoms with Gasteiger partial charge in [-0.25, -0.2) is 9.78 Å². The molecule has 0 atom stereocenters. The van der Waals surface area contributed by atoms with Crippen LogP contribution in [0.15, 0.2) is 29.6 Å². The summed E-state index contributed by atoms with van der Waals surface area (Å²) < 4.78 is 4.61. The summed E-state index contributed by atoms with van der Waals surface area (Å²) >= 11 is 6.94. The van der Waals surface area contributed by atoms with Crippen LogP contribution in [0, 0.1) is 0 Å². The summed E-state index contributed by atoms with van der Waals surface area (Å²) in [6, 6.07) is 6.28. The van der Waals surface area contributed by atoms with Gasteiger partial charge in [-0.3, -0.25) is 10.1 Å². The molecule has 0 unspecified atom stereocenters. The first kappa shape index (κ1) is 14.5. The number of anilines is 1. The van der Waals surface area contributed by atoms with Crippen LogP contribution in [0.3, 0.4) is 0 Å².